The molecule has 3 aromatic carbocycles. The van der Waals surface area contributed by atoms with Crippen molar-refractivity contribution in [3.05, 3.63) is 93.3 Å². The number of fused-ring (bicyclic) bond motifs is 1. The van der Waals surface area contributed by atoms with E-state index < -0.39 is 0 Å². The molecule has 0 saturated carbocycles. The van der Waals surface area contributed by atoms with E-state index in [1.807, 2.05) is 82.3 Å². The smallest absolute Gasteiger partial charge is 0.266 e. The first-order valence-corrected chi connectivity index (χ1v) is 11.4. The lowest BCUT2D eigenvalue weighted by Gasteiger charge is -2.16. The average Bonchev–Trinajstić information content (AvgIpc) is 2.77. The molecular formula is C26H25N3O2S. The normalized spacial score (nSPS) is 11.0. The van der Waals surface area contributed by atoms with E-state index in [1.165, 1.54) is 11.8 Å². The first kappa shape index (κ1) is 21.8. The lowest BCUT2D eigenvalue weighted by molar-refractivity contribution is -0.113. The third-order valence-electron chi connectivity index (χ3n) is 5.55. The molecule has 0 spiro atoms. The number of carbonyl (C=O) groups is 1. The van der Waals surface area contributed by atoms with Crippen LogP contribution in [0, 0.1) is 27.7 Å². The Morgan fingerprint density at radius 1 is 0.969 bits per heavy atom. The van der Waals surface area contributed by atoms with Gasteiger partial charge in [-0.05, 0) is 68.7 Å². The maximum Gasteiger partial charge on any atom is 0.266 e. The van der Waals surface area contributed by atoms with Crippen molar-refractivity contribution in [2.45, 2.75) is 32.9 Å². The zero-order chi connectivity index (χ0) is 22.8. The van der Waals surface area contributed by atoms with Crippen molar-refractivity contribution in [2.24, 2.45) is 0 Å². The van der Waals surface area contributed by atoms with Crippen molar-refractivity contribution < 1.29 is 4.79 Å². The summed E-state index contributed by atoms with van der Waals surface area (Å²) >= 11 is 1.26. The van der Waals surface area contributed by atoms with Crippen LogP contribution >= 0.6 is 11.8 Å². The van der Waals surface area contributed by atoms with Crippen LogP contribution in [-0.4, -0.2) is 21.2 Å². The maximum absolute atomic E-state index is 13.4. The van der Waals surface area contributed by atoms with Crippen molar-refractivity contribution in [1.82, 2.24) is 9.55 Å². The largest absolute Gasteiger partial charge is 0.325 e. The third-order valence-corrected chi connectivity index (χ3v) is 6.49. The molecule has 1 aromatic heterocycles. The number of rotatable bonds is 5. The van der Waals surface area contributed by atoms with Gasteiger partial charge >= 0.3 is 0 Å². The number of hydrogen-bond acceptors (Lipinski definition) is 4. The Morgan fingerprint density at radius 3 is 2.53 bits per heavy atom. The molecule has 5 nitrogen and oxygen atoms in total. The van der Waals surface area contributed by atoms with Crippen molar-refractivity contribution in [1.29, 1.82) is 0 Å². The van der Waals surface area contributed by atoms with Gasteiger partial charge in [-0.15, -0.1) is 0 Å². The molecule has 4 aromatic rings. The molecule has 1 N–H and O–H groups in total. The van der Waals surface area contributed by atoms with Crippen molar-refractivity contribution >= 4 is 34.3 Å². The van der Waals surface area contributed by atoms with Gasteiger partial charge in [0.25, 0.3) is 5.56 Å². The van der Waals surface area contributed by atoms with Crippen LogP contribution < -0.4 is 10.9 Å². The zero-order valence-corrected chi connectivity index (χ0v) is 19.4. The highest BCUT2D eigenvalue weighted by atomic mass is 32.2. The van der Waals surface area contributed by atoms with E-state index in [0.717, 1.165) is 33.6 Å². The minimum Gasteiger partial charge on any atom is -0.325 e. The molecule has 0 aliphatic rings. The molecule has 0 bridgehead atoms. The quantitative estimate of drug-likeness (QED) is 0.334. The van der Waals surface area contributed by atoms with Crippen LogP contribution in [0.3, 0.4) is 0 Å². The van der Waals surface area contributed by atoms with Crippen LogP contribution in [0.15, 0.2) is 70.6 Å². The van der Waals surface area contributed by atoms with Crippen molar-refractivity contribution in [3.63, 3.8) is 0 Å². The Kier molecular flexibility index (Phi) is 6.15. The number of para-hydroxylation sites is 1. The fraction of sp³-hybridized carbons (Fsp3) is 0.192. The Morgan fingerprint density at radius 2 is 1.75 bits per heavy atom. The van der Waals surface area contributed by atoms with Crippen LogP contribution in [0.4, 0.5) is 5.69 Å². The minimum atomic E-state index is -0.142. The topological polar surface area (TPSA) is 64.0 Å². The fourth-order valence-electron chi connectivity index (χ4n) is 3.67. The summed E-state index contributed by atoms with van der Waals surface area (Å²) in [4.78, 5) is 30.9. The second-order valence-electron chi connectivity index (χ2n) is 7.93. The highest BCUT2D eigenvalue weighted by Gasteiger charge is 2.17. The molecule has 0 unspecified atom stereocenters. The summed E-state index contributed by atoms with van der Waals surface area (Å²) in [5.74, 6) is 0.0000428. The van der Waals surface area contributed by atoms with Gasteiger partial charge in [-0.3, -0.25) is 14.2 Å². The minimum absolute atomic E-state index is 0.137. The number of thioether (sulfide) groups is 1. The molecule has 0 fully saturated rings. The van der Waals surface area contributed by atoms with E-state index in [4.69, 9.17) is 4.98 Å². The Hall–Kier alpha value is -3.38. The lowest BCUT2D eigenvalue weighted by atomic mass is 10.1. The number of aromatic nitrogens is 2. The molecule has 0 saturated heterocycles. The second kappa shape index (κ2) is 9.01. The number of aryl methyl sites for hydroxylation is 3. The Bertz CT molecular complexity index is 1390. The number of benzene rings is 3. The average molecular weight is 444 g/mol. The number of nitrogens with zero attached hydrogens (tertiary/aromatic N) is 2. The Labute approximate surface area is 191 Å². The third kappa shape index (κ3) is 4.32. The van der Waals surface area contributed by atoms with Gasteiger partial charge in [-0.25, -0.2) is 4.98 Å². The van der Waals surface area contributed by atoms with Gasteiger partial charge in [0.15, 0.2) is 5.16 Å². The van der Waals surface area contributed by atoms with Gasteiger partial charge in [-0.1, -0.05) is 53.7 Å². The van der Waals surface area contributed by atoms with E-state index in [1.54, 1.807) is 10.6 Å². The molecule has 162 valence electrons. The van der Waals surface area contributed by atoms with Crippen LogP contribution in [0.1, 0.15) is 22.3 Å². The lowest BCUT2D eigenvalue weighted by Crippen LogP contribution is -2.23. The molecule has 4 rings (SSSR count). The number of amides is 1. The highest BCUT2D eigenvalue weighted by Crippen LogP contribution is 2.25. The summed E-state index contributed by atoms with van der Waals surface area (Å²) in [7, 11) is 0. The predicted molar refractivity (Wildman–Crippen MR) is 132 cm³/mol. The molecule has 1 heterocycles. The van der Waals surface area contributed by atoms with Crippen molar-refractivity contribution in [3.8, 4) is 5.69 Å². The van der Waals surface area contributed by atoms with Gasteiger partial charge < -0.3 is 5.32 Å². The number of anilines is 1. The molecule has 1 amide bonds. The summed E-state index contributed by atoms with van der Waals surface area (Å²) in [6.45, 7) is 8.00. The van der Waals surface area contributed by atoms with Gasteiger partial charge in [0.1, 0.15) is 0 Å². The highest BCUT2D eigenvalue weighted by molar-refractivity contribution is 7.99. The van der Waals surface area contributed by atoms with Gasteiger partial charge in [0.2, 0.25) is 5.91 Å². The van der Waals surface area contributed by atoms with E-state index in [9.17, 15) is 9.59 Å². The summed E-state index contributed by atoms with van der Waals surface area (Å²) in [5, 5.41) is 4.02. The molecular weight excluding hydrogens is 418 g/mol. The SMILES string of the molecule is Cc1ccc(NC(=O)CSc2nc3ccccc3c(=O)n2-c2cccc(C)c2C)c(C)c1. The van der Waals surface area contributed by atoms with Gasteiger partial charge in [-0.2, -0.15) is 0 Å². The summed E-state index contributed by atoms with van der Waals surface area (Å²) in [6.07, 6.45) is 0. The molecule has 32 heavy (non-hydrogen) atoms. The van der Waals surface area contributed by atoms with Gasteiger partial charge in [0, 0.05) is 5.69 Å². The van der Waals surface area contributed by atoms with Gasteiger partial charge in [0.05, 0.1) is 22.3 Å². The van der Waals surface area contributed by atoms with Crippen LogP contribution in [-0.2, 0) is 4.79 Å². The monoisotopic (exact) mass is 443 g/mol. The summed E-state index contributed by atoms with van der Waals surface area (Å²) in [6, 6.07) is 19.1. The molecule has 0 atom stereocenters. The van der Waals surface area contributed by atoms with E-state index in [2.05, 4.69) is 5.32 Å². The number of hydrogen-bond donors (Lipinski definition) is 1. The number of nitrogens with one attached hydrogen (secondary N) is 1. The number of carbonyl (C=O) groups excluding carboxylic acids is 1. The first-order chi connectivity index (χ1) is 15.3. The zero-order valence-electron chi connectivity index (χ0n) is 18.6. The fourth-order valence-corrected chi connectivity index (χ4v) is 4.48. The van der Waals surface area contributed by atoms with Crippen LogP contribution in [0.25, 0.3) is 16.6 Å². The molecule has 0 aliphatic carbocycles. The molecule has 6 heteroatoms. The first-order valence-electron chi connectivity index (χ1n) is 10.4. The summed E-state index contributed by atoms with van der Waals surface area (Å²) in [5.41, 5.74) is 6.31. The van der Waals surface area contributed by atoms with Crippen LogP contribution in [0.2, 0.25) is 0 Å². The van der Waals surface area contributed by atoms with E-state index in [-0.39, 0.29) is 17.2 Å². The Balaban J connectivity index is 1.70. The molecule has 0 aliphatic heterocycles. The second-order valence-corrected chi connectivity index (χ2v) is 8.87. The standard InChI is InChI=1S/C26H25N3O2S/c1-16-12-13-21(18(3)14-16)27-24(30)15-32-26-28-22-10-6-5-9-20(22)25(31)29(26)23-11-7-8-17(2)19(23)4/h5-14H,15H2,1-4H3,(H,27,30). The summed E-state index contributed by atoms with van der Waals surface area (Å²) < 4.78 is 1.62. The predicted octanol–water partition coefficient (Wildman–Crippen LogP) is 5.35. The van der Waals surface area contributed by atoms with Crippen LogP contribution in [0.5, 0.6) is 0 Å². The van der Waals surface area contributed by atoms with E-state index >= 15 is 0 Å². The maximum atomic E-state index is 13.4. The van der Waals surface area contributed by atoms with Crippen molar-refractivity contribution in [2.75, 3.05) is 11.1 Å². The van der Waals surface area contributed by atoms with E-state index in [0.29, 0.717) is 16.1 Å². The molecule has 0 radical (unpaired) electrons.